The topological polar surface area (TPSA) is 127 Å². The molecule has 1 atom stereocenters. The summed E-state index contributed by atoms with van der Waals surface area (Å²) < 4.78 is 0. The molecule has 0 bridgehead atoms. The van der Waals surface area contributed by atoms with Crippen LogP contribution in [-0.4, -0.2) is 27.5 Å². The molecule has 164 valence electrons. The first-order chi connectivity index (χ1) is 15.0. The van der Waals surface area contributed by atoms with Gasteiger partial charge in [-0.15, -0.1) is 0 Å². The number of nitrogens with two attached hydrogens (primary N) is 2. The number of rotatable bonds is 11. The molecular weight excluding hydrogens is 388 g/mol. The summed E-state index contributed by atoms with van der Waals surface area (Å²) >= 11 is 0. The van der Waals surface area contributed by atoms with Gasteiger partial charge < -0.3 is 27.4 Å². The highest BCUT2D eigenvalue weighted by atomic mass is 15.3. The average molecular weight is 421 g/mol. The molecule has 0 saturated heterocycles. The van der Waals surface area contributed by atoms with Gasteiger partial charge in [0.05, 0.1) is 0 Å². The molecule has 1 unspecified atom stereocenters. The Morgan fingerprint density at radius 3 is 2.39 bits per heavy atom. The second-order valence-corrected chi connectivity index (χ2v) is 7.66. The quantitative estimate of drug-likeness (QED) is 0.288. The second kappa shape index (κ2) is 11.0. The van der Waals surface area contributed by atoms with Gasteiger partial charge in [-0.3, -0.25) is 0 Å². The average Bonchev–Trinajstić information content (AvgIpc) is 2.73. The predicted molar refractivity (Wildman–Crippen MR) is 130 cm³/mol. The van der Waals surface area contributed by atoms with Crippen LogP contribution in [0.15, 0.2) is 48.5 Å². The number of nitrogens with one attached hydrogen (secondary N) is 3. The molecule has 2 aromatic carbocycles. The smallest absolute Gasteiger partial charge is 0.233 e. The van der Waals surface area contributed by atoms with Gasteiger partial charge in [0, 0.05) is 29.6 Å². The summed E-state index contributed by atoms with van der Waals surface area (Å²) in [5, 5.41) is 9.91. The zero-order valence-electron chi connectivity index (χ0n) is 18.2. The molecule has 0 spiro atoms. The molecule has 0 fully saturated rings. The van der Waals surface area contributed by atoms with Crippen molar-refractivity contribution in [1.29, 1.82) is 0 Å². The summed E-state index contributed by atoms with van der Waals surface area (Å²) in [6.07, 6.45) is 4.20. The molecule has 0 amide bonds. The van der Waals surface area contributed by atoms with E-state index >= 15 is 0 Å². The Bertz CT molecular complexity index is 958. The van der Waals surface area contributed by atoms with Gasteiger partial charge in [0.1, 0.15) is 0 Å². The van der Waals surface area contributed by atoms with Gasteiger partial charge >= 0.3 is 0 Å². The van der Waals surface area contributed by atoms with Crippen molar-refractivity contribution >= 4 is 34.9 Å². The van der Waals surface area contributed by atoms with Crippen LogP contribution in [0, 0.1) is 0 Å². The Morgan fingerprint density at radius 2 is 1.65 bits per heavy atom. The van der Waals surface area contributed by atoms with Crippen molar-refractivity contribution in [2.24, 2.45) is 0 Å². The molecule has 1 heterocycles. The molecule has 31 heavy (non-hydrogen) atoms. The third kappa shape index (κ3) is 7.33. The number of benzene rings is 2. The Labute approximate surface area is 183 Å². The maximum atomic E-state index is 5.89. The van der Waals surface area contributed by atoms with Crippen LogP contribution in [0.2, 0.25) is 0 Å². The highest BCUT2D eigenvalue weighted by Gasteiger charge is 2.10. The fourth-order valence-electron chi connectivity index (χ4n) is 3.13. The second-order valence-electron chi connectivity index (χ2n) is 7.66. The highest BCUT2D eigenvalue weighted by Crippen LogP contribution is 2.19. The Balaban J connectivity index is 1.72. The maximum absolute atomic E-state index is 5.89. The summed E-state index contributed by atoms with van der Waals surface area (Å²) in [5.41, 5.74) is 15.1. The first kappa shape index (κ1) is 22.1. The van der Waals surface area contributed by atoms with Crippen LogP contribution in [0.25, 0.3) is 0 Å². The lowest BCUT2D eigenvalue weighted by molar-refractivity contribution is 0.640. The van der Waals surface area contributed by atoms with Gasteiger partial charge in [0.15, 0.2) is 0 Å². The van der Waals surface area contributed by atoms with Crippen LogP contribution >= 0.6 is 0 Å². The number of anilines is 6. The zero-order valence-corrected chi connectivity index (χ0v) is 18.2. The van der Waals surface area contributed by atoms with Crippen molar-refractivity contribution in [2.75, 3.05) is 34.0 Å². The molecule has 3 aromatic rings. The van der Waals surface area contributed by atoms with Crippen molar-refractivity contribution in [3.63, 3.8) is 0 Å². The number of nitrogen functional groups attached to an aromatic ring is 2. The van der Waals surface area contributed by atoms with E-state index in [9.17, 15) is 0 Å². The van der Waals surface area contributed by atoms with Crippen molar-refractivity contribution in [3.05, 3.63) is 54.1 Å². The standard InChI is InChI=1S/C23H32N8/c1-3-4-6-16(2)27-22-29-21(26-14-13-17-9-11-18(24)12-10-17)30-23(31-22)28-20-8-5-7-19(25)15-20/h5,7-12,15-16H,3-4,6,13-14,24-25H2,1-2H3,(H3,26,27,28,29,30,31). The van der Waals surface area contributed by atoms with Crippen molar-refractivity contribution in [1.82, 2.24) is 15.0 Å². The molecule has 7 N–H and O–H groups in total. The van der Waals surface area contributed by atoms with Gasteiger partial charge in [-0.2, -0.15) is 15.0 Å². The Kier molecular flexibility index (Phi) is 7.86. The van der Waals surface area contributed by atoms with E-state index in [2.05, 4.69) is 44.7 Å². The Hall–Kier alpha value is -3.55. The molecule has 0 aliphatic rings. The van der Waals surface area contributed by atoms with E-state index in [1.54, 1.807) is 0 Å². The minimum Gasteiger partial charge on any atom is -0.399 e. The summed E-state index contributed by atoms with van der Waals surface area (Å²) in [6, 6.07) is 15.6. The highest BCUT2D eigenvalue weighted by molar-refractivity contribution is 5.60. The van der Waals surface area contributed by atoms with Crippen molar-refractivity contribution in [3.8, 4) is 0 Å². The lowest BCUT2D eigenvalue weighted by Gasteiger charge is -2.15. The molecule has 0 saturated carbocycles. The van der Waals surface area contributed by atoms with E-state index in [1.807, 2.05) is 48.5 Å². The monoisotopic (exact) mass is 420 g/mol. The number of hydrogen-bond acceptors (Lipinski definition) is 8. The normalized spacial score (nSPS) is 11.7. The molecule has 0 aliphatic heterocycles. The van der Waals surface area contributed by atoms with Crippen LogP contribution in [0.3, 0.4) is 0 Å². The van der Waals surface area contributed by atoms with Crippen LogP contribution in [-0.2, 0) is 6.42 Å². The summed E-state index contributed by atoms with van der Waals surface area (Å²) in [6.45, 7) is 5.02. The molecule has 1 aromatic heterocycles. The molecule has 0 aliphatic carbocycles. The molecule has 8 heteroatoms. The third-order valence-corrected chi connectivity index (χ3v) is 4.82. The lowest BCUT2D eigenvalue weighted by atomic mass is 10.1. The molecule has 3 rings (SSSR count). The fourth-order valence-corrected chi connectivity index (χ4v) is 3.13. The van der Waals surface area contributed by atoms with E-state index in [4.69, 9.17) is 11.5 Å². The number of nitrogens with zero attached hydrogens (tertiary/aromatic N) is 3. The van der Waals surface area contributed by atoms with Crippen LogP contribution < -0.4 is 27.4 Å². The predicted octanol–water partition coefficient (Wildman–Crippen LogP) is 4.42. The number of aromatic nitrogens is 3. The molecule has 0 radical (unpaired) electrons. The van der Waals surface area contributed by atoms with Crippen molar-refractivity contribution < 1.29 is 0 Å². The summed E-state index contributed by atoms with van der Waals surface area (Å²) in [5.74, 6) is 1.52. The van der Waals surface area contributed by atoms with Crippen LogP contribution in [0.1, 0.15) is 38.7 Å². The van der Waals surface area contributed by atoms with Crippen LogP contribution in [0.5, 0.6) is 0 Å². The van der Waals surface area contributed by atoms with E-state index in [0.29, 0.717) is 30.1 Å². The van der Waals surface area contributed by atoms with Crippen molar-refractivity contribution in [2.45, 2.75) is 45.6 Å². The zero-order chi connectivity index (χ0) is 22.1. The maximum Gasteiger partial charge on any atom is 0.233 e. The van der Waals surface area contributed by atoms with E-state index in [0.717, 1.165) is 37.1 Å². The van der Waals surface area contributed by atoms with E-state index in [1.165, 1.54) is 5.56 Å². The first-order valence-electron chi connectivity index (χ1n) is 10.8. The fraction of sp³-hybridized carbons (Fsp3) is 0.348. The minimum atomic E-state index is 0.269. The molecule has 8 nitrogen and oxygen atoms in total. The van der Waals surface area contributed by atoms with Gasteiger partial charge in [0.2, 0.25) is 17.8 Å². The summed E-state index contributed by atoms with van der Waals surface area (Å²) in [7, 11) is 0. The van der Waals surface area contributed by atoms with Gasteiger partial charge in [0.25, 0.3) is 0 Å². The van der Waals surface area contributed by atoms with Gasteiger partial charge in [-0.25, -0.2) is 0 Å². The largest absolute Gasteiger partial charge is 0.399 e. The number of unbranched alkanes of at least 4 members (excludes halogenated alkanes) is 1. The lowest BCUT2D eigenvalue weighted by Crippen LogP contribution is -2.19. The van der Waals surface area contributed by atoms with Gasteiger partial charge in [-0.1, -0.05) is 38.0 Å². The van der Waals surface area contributed by atoms with Crippen LogP contribution in [0.4, 0.5) is 34.9 Å². The number of hydrogen-bond donors (Lipinski definition) is 5. The summed E-state index contributed by atoms with van der Waals surface area (Å²) in [4.78, 5) is 13.6. The van der Waals surface area contributed by atoms with Gasteiger partial charge in [-0.05, 0) is 55.7 Å². The molecular formula is C23H32N8. The Morgan fingerprint density at radius 1 is 0.903 bits per heavy atom. The van der Waals surface area contributed by atoms with E-state index in [-0.39, 0.29) is 6.04 Å². The minimum absolute atomic E-state index is 0.269. The SMILES string of the molecule is CCCCC(C)Nc1nc(NCCc2ccc(N)cc2)nc(Nc2cccc(N)c2)n1. The third-order valence-electron chi connectivity index (χ3n) is 4.82. The van der Waals surface area contributed by atoms with E-state index < -0.39 is 0 Å². The first-order valence-corrected chi connectivity index (χ1v) is 10.8.